The largest absolute Gasteiger partial charge is 0.361 e. The van der Waals surface area contributed by atoms with Gasteiger partial charge in [0.15, 0.2) is 0 Å². The first kappa shape index (κ1) is 15.3. The number of hydrogen-bond acceptors (Lipinski definition) is 1. The van der Waals surface area contributed by atoms with Gasteiger partial charge in [-0.3, -0.25) is 4.79 Å². The number of para-hydroxylation sites is 1. The summed E-state index contributed by atoms with van der Waals surface area (Å²) >= 11 is 0. The predicted octanol–water partition coefficient (Wildman–Crippen LogP) is 4.18. The van der Waals surface area contributed by atoms with Crippen LogP contribution in [0.3, 0.4) is 0 Å². The Bertz CT molecular complexity index is 828. The minimum Gasteiger partial charge on any atom is -0.361 e. The van der Waals surface area contributed by atoms with Crippen molar-refractivity contribution in [2.24, 2.45) is 0 Å². The number of carbonyl (C=O) groups excluding carboxylic acids is 1. The van der Waals surface area contributed by atoms with Gasteiger partial charge in [-0.2, -0.15) is 0 Å². The minimum atomic E-state index is -0.153. The Kier molecular flexibility index (Phi) is 3.95. The summed E-state index contributed by atoms with van der Waals surface area (Å²) in [5, 5.41) is 4.27. The highest BCUT2D eigenvalue weighted by Crippen LogP contribution is 2.29. The van der Waals surface area contributed by atoms with Gasteiger partial charge in [0.1, 0.15) is 0 Å². The molecule has 0 fully saturated rings. The number of aryl methyl sites for hydroxylation is 1. The monoisotopic (exact) mass is 306 g/mol. The van der Waals surface area contributed by atoms with E-state index in [0.29, 0.717) is 12.1 Å². The standard InChI is InChI=1S/C20H22N2O/c1-14-8-10-15(11-9-14)19(23)22-13-20(2,3)17-12-21-18-7-5-4-6-16(17)18/h4-12,21H,13H2,1-3H3,(H,22,23). The molecule has 0 saturated carbocycles. The quantitative estimate of drug-likeness (QED) is 0.746. The molecule has 2 N–H and O–H groups in total. The molecule has 0 bridgehead atoms. The van der Waals surface area contributed by atoms with Gasteiger partial charge in [0, 0.05) is 34.6 Å². The molecule has 0 aliphatic heterocycles. The average molecular weight is 306 g/mol. The predicted molar refractivity (Wildman–Crippen MR) is 94.8 cm³/mol. The Labute approximate surface area is 136 Å². The lowest BCUT2D eigenvalue weighted by atomic mass is 9.84. The number of aromatic amines is 1. The zero-order chi connectivity index (χ0) is 16.4. The second kappa shape index (κ2) is 5.92. The lowest BCUT2D eigenvalue weighted by molar-refractivity contribution is 0.0946. The third-order valence-corrected chi connectivity index (χ3v) is 4.32. The summed E-state index contributed by atoms with van der Waals surface area (Å²) in [6.07, 6.45) is 2.04. The molecule has 0 radical (unpaired) electrons. The molecule has 1 amide bonds. The molecule has 0 aliphatic rings. The zero-order valence-electron chi connectivity index (χ0n) is 13.8. The lowest BCUT2D eigenvalue weighted by Gasteiger charge is -2.25. The number of aromatic nitrogens is 1. The van der Waals surface area contributed by atoms with Crippen molar-refractivity contribution in [3.05, 3.63) is 71.4 Å². The molecule has 118 valence electrons. The van der Waals surface area contributed by atoms with Crippen molar-refractivity contribution in [2.75, 3.05) is 6.54 Å². The maximum Gasteiger partial charge on any atom is 0.251 e. The fourth-order valence-electron chi connectivity index (χ4n) is 2.83. The van der Waals surface area contributed by atoms with Crippen LogP contribution in [0.25, 0.3) is 10.9 Å². The van der Waals surface area contributed by atoms with E-state index in [2.05, 4.69) is 36.3 Å². The summed E-state index contributed by atoms with van der Waals surface area (Å²) in [6, 6.07) is 15.9. The topological polar surface area (TPSA) is 44.9 Å². The number of rotatable bonds is 4. The molecule has 23 heavy (non-hydrogen) atoms. The minimum absolute atomic E-state index is 0.0297. The van der Waals surface area contributed by atoms with E-state index < -0.39 is 0 Å². The van der Waals surface area contributed by atoms with E-state index in [1.165, 1.54) is 10.9 Å². The van der Waals surface area contributed by atoms with Crippen molar-refractivity contribution in [2.45, 2.75) is 26.2 Å². The molecule has 1 heterocycles. The maximum atomic E-state index is 12.3. The summed E-state index contributed by atoms with van der Waals surface area (Å²) in [7, 11) is 0. The van der Waals surface area contributed by atoms with Gasteiger partial charge in [0.2, 0.25) is 0 Å². The molecule has 3 heteroatoms. The van der Waals surface area contributed by atoms with E-state index in [9.17, 15) is 4.79 Å². The normalized spacial score (nSPS) is 11.6. The van der Waals surface area contributed by atoms with Crippen LogP contribution in [0.15, 0.2) is 54.7 Å². The number of benzene rings is 2. The number of carbonyl (C=O) groups is 1. The van der Waals surface area contributed by atoms with Crippen LogP contribution in [0.4, 0.5) is 0 Å². The van der Waals surface area contributed by atoms with E-state index in [-0.39, 0.29) is 11.3 Å². The van der Waals surface area contributed by atoms with Crippen LogP contribution in [0.5, 0.6) is 0 Å². The number of nitrogens with one attached hydrogen (secondary N) is 2. The molecular weight excluding hydrogens is 284 g/mol. The Morgan fingerprint density at radius 2 is 1.78 bits per heavy atom. The van der Waals surface area contributed by atoms with Gasteiger partial charge in [-0.1, -0.05) is 49.7 Å². The highest BCUT2D eigenvalue weighted by atomic mass is 16.1. The van der Waals surface area contributed by atoms with Gasteiger partial charge < -0.3 is 10.3 Å². The summed E-state index contributed by atoms with van der Waals surface area (Å²) in [4.78, 5) is 15.6. The molecule has 0 spiro atoms. The molecule has 0 atom stereocenters. The Morgan fingerprint density at radius 3 is 2.52 bits per heavy atom. The Hall–Kier alpha value is -2.55. The second-order valence-electron chi connectivity index (χ2n) is 6.68. The van der Waals surface area contributed by atoms with Gasteiger partial charge in [0.05, 0.1) is 0 Å². The van der Waals surface area contributed by atoms with Crippen molar-refractivity contribution >= 4 is 16.8 Å². The molecule has 3 rings (SSSR count). The molecule has 0 saturated heterocycles. The van der Waals surface area contributed by atoms with Crippen LogP contribution in [0.2, 0.25) is 0 Å². The van der Waals surface area contributed by atoms with Crippen molar-refractivity contribution < 1.29 is 4.79 Å². The number of H-pyrrole nitrogens is 1. The molecule has 1 aromatic heterocycles. The summed E-state index contributed by atoms with van der Waals surface area (Å²) in [6.45, 7) is 6.90. The van der Waals surface area contributed by atoms with Crippen LogP contribution in [-0.4, -0.2) is 17.4 Å². The first-order chi connectivity index (χ1) is 11.0. The van der Waals surface area contributed by atoms with Gasteiger partial charge >= 0.3 is 0 Å². The van der Waals surface area contributed by atoms with Gasteiger partial charge in [-0.05, 0) is 30.7 Å². The Balaban J connectivity index is 1.76. The Morgan fingerprint density at radius 1 is 1.09 bits per heavy atom. The van der Waals surface area contributed by atoms with E-state index in [1.54, 1.807) is 0 Å². The highest BCUT2D eigenvalue weighted by Gasteiger charge is 2.24. The summed E-state index contributed by atoms with van der Waals surface area (Å²) in [5.74, 6) is -0.0297. The molecular formula is C20H22N2O. The maximum absolute atomic E-state index is 12.3. The molecule has 3 nitrogen and oxygen atoms in total. The van der Waals surface area contributed by atoms with Crippen molar-refractivity contribution in [1.82, 2.24) is 10.3 Å². The molecule has 0 unspecified atom stereocenters. The number of fused-ring (bicyclic) bond motifs is 1. The van der Waals surface area contributed by atoms with Crippen molar-refractivity contribution in [3.63, 3.8) is 0 Å². The van der Waals surface area contributed by atoms with Gasteiger partial charge in [-0.15, -0.1) is 0 Å². The number of hydrogen-bond donors (Lipinski definition) is 2. The van der Waals surface area contributed by atoms with E-state index in [1.807, 2.05) is 49.5 Å². The van der Waals surface area contributed by atoms with Crippen LogP contribution >= 0.6 is 0 Å². The average Bonchev–Trinajstić information content (AvgIpc) is 2.98. The third-order valence-electron chi connectivity index (χ3n) is 4.32. The zero-order valence-corrected chi connectivity index (χ0v) is 13.8. The summed E-state index contributed by atoms with van der Waals surface area (Å²) < 4.78 is 0. The van der Waals surface area contributed by atoms with Crippen LogP contribution in [0, 0.1) is 6.92 Å². The number of amides is 1. The van der Waals surface area contributed by atoms with Gasteiger partial charge in [-0.25, -0.2) is 0 Å². The van der Waals surface area contributed by atoms with Crippen molar-refractivity contribution in [1.29, 1.82) is 0 Å². The second-order valence-corrected chi connectivity index (χ2v) is 6.68. The van der Waals surface area contributed by atoms with Crippen LogP contribution in [-0.2, 0) is 5.41 Å². The SMILES string of the molecule is Cc1ccc(C(=O)NCC(C)(C)c2c[nH]c3ccccc23)cc1. The molecule has 0 aliphatic carbocycles. The van der Waals surface area contributed by atoms with Crippen LogP contribution < -0.4 is 5.32 Å². The third kappa shape index (κ3) is 3.14. The lowest BCUT2D eigenvalue weighted by Crippen LogP contribution is -2.36. The van der Waals surface area contributed by atoms with E-state index in [0.717, 1.165) is 11.1 Å². The molecule has 2 aromatic carbocycles. The smallest absolute Gasteiger partial charge is 0.251 e. The summed E-state index contributed by atoms with van der Waals surface area (Å²) in [5.41, 5.74) is 4.05. The van der Waals surface area contributed by atoms with Crippen LogP contribution in [0.1, 0.15) is 35.3 Å². The fourth-order valence-corrected chi connectivity index (χ4v) is 2.83. The first-order valence-electron chi connectivity index (χ1n) is 7.89. The first-order valence-corrected chi connectivity index (χ1v) is 7.89. The van der Waals surface area contributed by atoms with Gasteiger partial charge in [0.25, 0.3) is 5.91 Å². The van der Waals surface area contributed by atoms with E-state index >= 15 is 0 Å². The van der Waals surface area contributed by atoms with E-state index in [4.69, 9.17) is 0 Å². The molecule has 3 aromatic rings. The highest BCUT2D eigenvalue weighted by molar-refractivity contribution is 5.94. The fraction of sp³-hybridized carbons (Fsp3) is 0.250. The van der Waals surface area contributed by atoms with Crippen molar-refractivity contribution in [3.8, 4) is 0 Å².